The molecule has 6 heteroatoms. The largest absolute Gasteiger partial charge is 0.466 e. The zero-order valence-electron chi connectivity index (χ0n) is 12.3. The predicted octanol–water partition coefficient (Wildman–Crippen LogP) is -0.310. The van der Waals surface area contributed by atoms with Crippen molar-refractivity contribution in [1.29, 1.82) is 0 Å². The summed E-state index contributed by atoms with van der Waals surface area (Å²) in [6, 6.07) is -0.191. The van der Waals surface area contributed by atoms with Gasteiger partial charge < -0.3 is 15.0 Å². The Labute approximate surface area is 115 Å². The normalized spacial score (nSPS) is 21.8. The van der Waals surface area contributed by atoms with E-state index < -0.39 is 0 Å². The average molecular weight is 271 g/mol. The van der Waals surface area contributed by atoms with E-state index in [-0.39, 0.29) is 24.0 Å². The predicted molar refractivity (Wildman–Crippen MR) is 72.8 cm³/mol. The smallest absolute Gasteiger partial charge is 0.307 e. The van der Waals surface area contributed by atoms with Gasteiger partial charge >= 0.3 is 5.97 Å². The van der Waals surface area contributed by atoms with Crippen LogP contribution in [0.4, 0.5) is 0 Å². The Morgan fingerprint density at radius 2 is 2.16 bits per heavy atom. The Hall–Kier alpha value is -1.14. The Bertz CT molecular complexity index is 320. The number of amides is 1. The molecule has 0 spiro atoms. The van der Waals surface area contributed by atoms with Crippen LogP contribution in [0.5, 0.6) is 0 Å². The van der Waals surface area contributed by atoms with E-state index in [9.17, 15) is 9.59 Å². The van der Waals surface area contributed by atoms with Crippen LogP contribution in [-0.2, 0) is 14.3 Å². The molecule has 0 aromatic heterocycles. The van der Waals surface area contributed by atoms with Crippen LogP contribution in [0.15, 0.2) is 0 Å². The van der Waals surface area contributed by atoms with Crippen LogP contribution < -0.4 is 5.32 Å². The Kier molecular flexibility index (Phi) is 6.24. The summed E-state index contributed by atoms with van der Waals surface area (Å²) in [5.74, 6) is -0.132. The number of hydrogen-bond acceptors (Lipinski definition) is 5. The molecular formula is C13H25N3O3. The number of nitrogens with one attached hydrogen (secondary N) is 1. The minimum atomic E-state index is -0.204. The second-order valence-corrected chi connectivity index (χ2v) is 5.05. The molecule has 0 bridgehead atoms. The van der Waals surface area contributed by atoms with Gasteiger partial charge in [0.15, 0.2) is 0 Å². The summed E-state index contributed by atoms with van der Waals surface area (Å²) in [5, 5.41) is 3.23. The van der Waals surface area contributed by atoms with Crippen LogP contribution in [0.2, 0.25) is 0 Å². The maximum Gasteiger partial charge on any atom is 0.307 e. The van der Waals surface area contributed by atoms with E-state index in [1.165, 1.54) is 0 Å². The fourth-order valence-corrected chi connectivity index (χ4v) is 2.35. The molecule has 0 aromatic rings. The van der Waals surface area contributed by atoms with Gasteiger partial charge in [-0.2, -0.15) is 0 Å². The highest BCUT2D eigenvalue weighted by Gasteiger charge is 2.33. The van der Waals surface area contributed by atoms with Crippen molar-refractivity contribution in [2.45, 2.75) is 32.4 Å². The fraction of sp³-hybridized carbons (Fsp3) is 0.846. The van der Waals surface area contributed by atoms with E-state index in [1.807, 2.05) is 6.92 Å². The highest BCUT2D eigenvalue weighted by atomic mass is 16.5. The van der Waals surface area contributed by atoms with Gasteiger partial charge in [0.2, 0.25) is 5.91 Å². The van der Waals surface area contributed by atoms with Gasteiger partial charge in [-0.15, -0.1) is 0 Å². The summed E-state index contributed by atoms with van der Waals surface area (Å²) in [6.45, 7) is 6.40. The number of carbonyl (C=O) groups excluding carboxylic acids is 2. The van der Waals surface area contributed by atoms with Crippen molar-refractivity contribution in [2.75, 3.05) is 40.3 Å². The molecule has 1 saturated heterocycles. The minimum Gasteiger partial charge on any atom is -0.466 e. The summed E-state index contributed by atoms with van der Waals surface area (Å²) >= 11 is 0. The molecule has 1 aliphatic rings. The van der Waals surface area contributed by atoms with Gasteiger partial charge in [-0.1, -0.05) is 0 Å². The van der Waals surface area contributed by atoms with Gasteiger partial charge in [-0.3, -0.25) is 14.5 Å². The van der Waals surface area contributed by atoms with E-state index >= 15 is 0 Å². The molecule has 2 atom stereocenters. The van der Waals surface area contributed by atoms with E-state index in [4.69, 9.17) is 4.74 Å². The van der Waals surface area contributed by atoms with Crippen molar-refractivity contribution in [3.05, 3.63) is 0 Å². The molecule has 110 valence electrons. The van der Waals surface area contributed by atoms with Crippen molar-refractivity contribution in [3.63, 3.8) is 0 Å². The first-order chi connectivity index (χ1) is 8.97. The van der Waals surface area contributed by atoms with Crippen molar-refractivity contribution in [1.82, 2.24) is 15.1 Å². The van der Waals surface area contributed by atoms with Crippen molar-refractivity contribution < 1.29 is 14.3 Å². The van der Waals surface area contributed by atoms with E-state index in [0.717, 1.165) is 13.1 Å². The van der Waals surface area contributed by atoms with Crippen molar-refractivity contribution in [3.8, 4) is 0 Å². The monoisotopic (exact) mass is 271 g/mol. The minimum absolute atomic E-state index is 0.00931. The summed E-state index contributed by atoms with van der Waals surface area (Å²) in [7, 11) is 3.51. The second kappa shape index (κ2) is 7.45. The van der Waals surface area contributed by atoms with Crippen LogP contribution in [-0.4, -0.2) is 74.1 Å². The highest BCUT2D eigenvalue weighted by Crippen LogP contribution is 2.13. The first-order valence-corrected chi connectivity index (χ1v) is 6.80. The topological polar surface area (TPSA) is 61.9 Å². The van der Waals surface area contributed by atoms with E-state index in [1.54, 1.807) is 25.9 Å². The molecule has 1 aliphatic heterocycles. The molecule has 0 radical (unpaired) electrons. The summed E-state index contributed by atoms with van der Waals surface area (Å²) in [6.07, 6.45) is 0.324. The number of likely N-dealkylation sites (N-methyl/N-ethyl adjacent to an activating group) is 1. The Balaban J connectivity index is 2.65. The fourth-order valence-electron chi connectivity index (χ4n) is 2.35. The van der Waals surface area contributed by atoms with Crippen molar-refractivity contribution in [2.24, 2.45) is 0 Å². The molecule has 0 aromatic carbocycles. The molecule has 6 nitrogen and oxygen atoms in total. The van der Waals surface area contributed by atoms with E-state index in [2.05, 4.69) is 10.2 Å². The quantitative estimate of drug-likeness (QED) is 0.695. The lowest BCUT2D eigenvalue weighted by Crippen LogP contribution is -2.60. The van der Waals surface area contributed by atoms with Gasteiger partial charge in [0, 0.05) is 39.8 Å². The SMILES string of the molecule is CCOC(=O)CC(C)N1CCNCC1C(=O)N(C)C. The maximum atomic E-state index is 12.2. The Morgan fingerprint density at radius 1 is 1.47 bits per heavy atom. The molecule has 0 saturated carbocycles. The number of ether oxygens (including phenoxy) is 1. The third-order valence-electron chi connectivity index (χ3n) is 3.34. The van der Waals surface area contributed by atoms with Crippen LogP contribution in [0.1, 0.15) is 20.3 Å². The zero-order valence-corrected chi connectivity index (χ0v) is 12.3. The molecule has 2 unspecified atom stereocenters. The van der Waals surface area contributed by atoms with Crippen LogP contribution in [0, 0.1) is 0 Å². The van der Waals surface area contributed by atoms with Gasteiger partial charge in [0.05, 0.1) is 13.0 Å². The second-order valence-electron chi connectivity index (χ2n) is 5.05. The average Bonchev–Trinajstić information content (AvgIpc) is 2.37. The summed E-state index contributed by atoms with van der Waals surface area (Å²) in [5.41, 5.74) is 0. The van der Waals surface area contributed by atoms with Gasteiger partial charge in [0.1, 0.15) is 6.04 Å². The highest BCUT2D eigenvalue weighted by molar-refractivity contribution is 5.82. The molecule has 0 aliphatic carbocycles. The third kappa shape index (κ3) is 4.47. The number of hydrogen-bond donors (Lipinski definition) is 1. The number of carbonyl (C=O) groups is 2. The first-order valence-electron chi connectivity index (χ1n) is 6.80. The number of piperazine rings is 1. The Morgan fingerprint density at radius 3 is 2.74 bits per heavy atom. The van der Waals surface area contributed by atoms with Crippen molar-refractivity contribution >= 4 is 11.9 Å². The molecule has 1 amide bonds. The number of nitrogens with zero attached hydrogens (tertiary/aromatic N) is 2. The zero-order chi connectivity index (χ0) is 14.4. The lowest BCUT2D eigenvalue weighted by atomic mass is 10.1. The van der Waals surface area contributed by atoms with Gasteiger partial charge in [-0.05, 0) is 13.8 Å². The standard InChI is InChI=1S/C13H25N3O3/c1-5-19-12(17)8-10(2)16-7-6-14-9-11(16)13(18)15(3)4/h10-11,14H,5-9H2,1-4H3. The molecule has 1 N–H and O–H groups in total. The molecule has 1 rings (SSSR count). The molecule has 1 heterocycles. The molecule has 1 fully saturated rings. The molecule has 19 heavy (non-hydrogen) atoms. The summed E-state index contributed by atoms with van der Waals surface area (Å²) < 4.78 is 4.97. The molecular weight excluding hydrogens is 246 g/mol. The number of rotatable bonds is 5. The van der Waals surface area contributed by atoms with E-state index in [0.29, 0.717) is 19.6 Å². The van der Waals surface area contributed by atoms with Gasteiger partial charge in [0.25, 0.3) is 0 Å². The maximum absolute atomic E-state index is 12.2. The van der Waals surface area contributed by atoms with Crippen LogP contribution >= 0.6 is 0 Å². The number of esters is 1. The summed E-state index contributed by atoms with van der Waals surface area (Å²) in [4.78, 5) is 27.4. The van der Waals surface area contributed by atoms with Gasteiger partial charge in [-0.25, -0.2) is 0 Å². The lowest BCUT2D eigenvalue weighted by Gasteiger charge is -2.39. The first kappa shape index (κ1) is 15.9. The lowest BCUT2D eigenvalue weighted by molar-refractivity contribution is -0.146. The van der Waals surface area contributed by atoms with Crippen LogP contribution in [0.25, 0.3) is 0 Å². The third-order valence-corrected chi connectivity index (χ3v) is 3.34. The van der Waals surface area contributed by atoms with Crippen LogP contribution in [0.3, 0.4) is 0 Å².